The van der Waals surface area contributed by atoms with Gasteiger partial charge in [0.1, 0.15) is 17.4 Å². The van der Waals surface area contributed by atoms with Crippen molar-refractivity contribution in [2.24, 2.45) is 0 Å². The van der Waals surface area contributed by atoms with Gasteiger partial charge in [-0.25, -0.2) is 0 Å². The van der Waals surface area contributed by atoms with E-state index in [1.165, 1.54) is 23.1 Å². The number of hydrogen-bond acceptors (Lipinski definition) is 7. The Hall–Kier alpha value is -3.60. The predicted molar refractivity (Wildman–Crippen MR) is 150 cm³/mol. The summed E-state index contributed by atoms with van der Waals surface area (Å²) >= 11 is 12.5. The Morgan fingerprint density at radius 1 is 1.05 bits per heavy atom. The number of nitrogens with one attached hydrogen (secondary N) is 1. The van der Waals surface area contributed by atoms with Crippen LogP contribution < -0.4 is 5.56 Å². The lowest BCUT2D eigenvalue weighted by Gasteiger charge is -2.34. The number of phenols is 1. The highest BCUT2D eigenvalue weighted by Crippen LogP contribution is 2.40. The van der Waals surface area contributed by atoms with Crippen molar-refractivity contribution < 1.29 is 32.9 Å². The number of carbonyl (C=O) groups excluding carboxylic acids is 1. The van der Waals surface area contributed by atoms with Crippen molar-refractivity contribution in [3.05, 3.63) is 73.5 Å². The number of phenolic OH excluding ortho intramolecular Hbond substituents is 1. The maximum Gasteiger partial charge on any atom is 0.416 e. The maximum atomic E-state index is 13.4. The van der Waals surface area contributed by atoms with E-state index >= 15 is 0 Å². The number of nitrogens with zero attached hydrogens (tertiary/aromatic N) is 3. The first-order valence-corrected chi connectivity index (χ1v) is 13.5. The summed E-state index contributed by atoms with van der Waals surface area (Å²) in [6.45, 7) is 3.04. The number of hydrogen-bond donors (Lipinski definition) is 3. The molecule has 14 heteroatoms. The number of aliphatic hydroxyl groups is 1. The average molecular weight is 625 g/mol. The fourth-order valence-corrected chi connectivity index (χ4v) is 5.05. The van der Waals surface area contributed by atoms with Crippen molar-refractivity contribution in [1.82, 2.24) is 14.8 Å². The Morgan fingerprint density at radius 2 is 1.76 bits per heavy atom. The second-order valence-corrected chi connectivity index (χ2v) is 10.3. The van der Waals surface area contributed by atoms with Crippen LogP contribution in [0, 0.1) is 11.3 Å². The van der Waals surface area contributed by atoms with Gasteiger partial charge in [-0.1, -0.05) is 23.2 Å². The Morgan fingerprint density at radius 3 is 2.40 bits per heavy atom. The minimum Gasteiger partial charge on any atom is -0.506 e. The molecule has 0 radical (unpaired) electrons. The minimum atomic E-state index is -4.71. The highest BCUT2D eigenvalue weighted by molar-refractivity contribution is 6.33. The van der Waals surface area contributed by atoms with Gasteiger partial charge in [0.2, 0.25) is 0 Å². The summed E-state index contributed by atoms with van der Waals surface area (Å²) in [4.78, 5) is 32.3. The van der Waals surface area contributed by atoms with Crippen LogP contribution in [0.15, 0.2) is 41.2 Å². The number of aliphatic hydroxyl groups excluding tert-OH is 1. The normalized spacial score (nSPS) is 14.2. The van der Waals surface area contributed by atoms with Crippen LogP contribution in [-0.2, 0) is 10.9 Å². The van der Waals surface area contributed by atoms with E-state index in [4.69, 9.17) is 33.0 Å². The second kappa shape index (κ2) is 13.1. The molecule has 1 amide bonds. The van der Waals surface area contributed by atoms with E-state index in [9.17, 15) is 33.1 Å². The SMILES string of the molecule is N#Cc1c(-c2cc(C(F)(F)F)ccc2Cl)cc(-c2cc(Cl)cc(C(=O)N3CCN(CCOCCO)CC3)c2O)[nH]c1=O. The zero-order valence-electron chi connectivity index (χ0n) is 22.0. The van der Waals surface area contributed by atoms with Crippen molar-refractivity contribution >= 4 is 29.1 Å². The van der Waals surface area contributed by atoms with E-state index in [2.05, 4.69) is 9.88 Å². The van der Waals surface area contributed by atoms with Crippen LogP contribution >= 0.6 is 23.2 Å². The van der Waals surface area contributed by atoms with E-state index < -0.39 is 34.5 Å². The van der Waals surface area contributed by atoms with E-state index in [0.717, 1.165) is 18.2 Å². The number of alkyl halides is 3. The number of amides is 1. The van der Waals surface area contributed by atoms with Gasteiger partial charge < -0.3 is 24.8 Å². The first-order valence-electron chi connectivity index (χ1n) is 12.7. The summed E-state index contributed by atoms with van der Waals surface area (Å²) in [6.07, 6.45) is -4.71. The minimum absolute atomic E-state index is 0.0506. The lowest BCUT2D eigenvalue weighted by atomic mass is 9.96. The lowest BCUT2D eigenvalue weighted by Crippen LogP contribution is -2.49. The van der Waals surface area contributed by atoms with Crippen LogP contribution in [0.25, 0.3) is 22.4 Å². The van der Waals surface area contributed by atoms with E-state index in [1.54, 1.807) is 6.07 Å². The molecule has 3 aromatic rings. The Bertz CT molecular complexity index is 1580. The standard InChI is InChI=1S/C28H25Cl2F3N4O5/c29-17-12-20(25(39)21(13-17)27(41)37-5-3-36(4-6-37)7-9-42-10-8-38)24-14-18(22(15-34)26(40)35-24)19-11-16(28(31,32)33)1-2-23(19)30/h1-2,11-14,38-39H,3-10H2,(H,35,40). The van der Waals surface area contributed by atoms with Gasteiger partial charge in [0.15, 0.2) is 0 Å². The van der Waals surface area contributed by atoms with E-state index in [0.29, 0.717) is 39.3 Å². The first kappa shape index (κ1) is 31.3. The van der Waals surface area contributed by atoms with Gasteiger partial charge in [-0.15, -0.1) is 0 Å². The van der Waals surface area contributed by atoms with Crippen LogP contribution in [0.2, 0.25) is 10.0 Å². The number of piperazine rings is 1. The molecule has 222 valence electrons. The van der Waals surface area contributed by atoms with E-state index in [-0.39, 0.29) is 51.2 Å². The molecule has 0 bridgehead atoms. The number of aromatic hydroxyl groups is 1. The third-order valence-electron chi connectivity index (χ3n) is 6.77. The second-order valence-electron chi connectivity index (χ2n) is 9.42. The third kappa shape index (κ3) is 6.88. The van der Waals surface area contributed by atoms with Gasteiger partial charge in [0, 0.05) is 59.5 Å². The van der Waals surface area contributed by atoms with Crippen LogP contribution in [0.4, 0.5) is 13.2 Å². The molecule has 1 fully saturated rings. The number of carbonyl (C=O) groups is 1. The zero-order chi connectivity index (χ0) is 30.6. The molecule has 9 nitrogen and oxygen atoms in total. The fraction of sp³-hybridized carbons (Fsp3) is 0.321. The molecule has 0 aliphatic carbocycles. The molecule has 0 spiro atoms. The van der Waals surface area contributed by atoms with Crippen LogP contribution in [0.5, 0.6) is 5.75 Å². The van der Waals surface area contributed by atoms with Crippen LogP contribution in [0.1, 0.15) is 21.5 Å². The van der Waals surface area contributed by atoms with Gasteiger partial charge in [0.25, 0.3) is 11.5 Å². The van der Waals surface area contributed by atoms with Crippen LogP contribution in [-0.4, -0.2) is 83.4 Å². The maximum absolute atomic E-state index is 13.4. The van der Waals surface area contributed by atoms with Gasteiger partial charge in [-0.2, -0.15) is 18.4 Å². The van der Waals surface area contributed by atoms with Crippen molar-refractivity contribution in [3.63, 3.8) is 0 Å². The highest BCUT2D eigenvalue weighted by atomic mass is 35.5. The Kier molecular flexibility index (Phi) is 9.81. The molecule has 1 aliphatic rings. The molecule has 0 atom stereocenters. The average Bonchev–Trinajstić information content (AvgIpc) is 2.95. The summed E-state index contributed by atoms with van der Waals surface area (Å²) in [6, 6.07) is 7.98. The zero-order valence-corrected chi connectivity index (χ0v) is 23.5. The lowest BCUT2D eigenvalue weighted by molar-refractivity contribution is -0.137. The number of rotatable bonds is 8. The molecule has 2 aromatic carbocycles. The molecule has 0 saturated carbocycles. The molecular weight excluding hydrogens is 600 g/mol. The molecule has 2 heterocycles. The summed E-state index contributed by atoms with van der Waals surface area (Å²) in [5.74, 6) is -1.02. The molecule has 1 aliphatic heterocycles. The van der Waals surface area contributed by atoms with Crippen molar-refractivity contribution in [2.45, 2.75) is 6.18 Å². The summed E-state index contributed by atoms with van der Waals surface area (Å²) in [7, 11) is 0. The number of aromatic amines is 1. The fourth-order valence-electron chi connectivity index (χ4n) is 4.61. The van der Waals surface area contributed by atoms with E-state index in [1.807, 2.05) is 0 Å². The van der Waals surface area contributed by atoms with Gasteiger partial charge in [-0.05, 0) is 36.4 Å². The van der Waals surface area contributed by atoms with Crippen LogP contribution in [0.3, 0.4) is 0 Å². The summed E-state index contributed by atoms with van der Waals surface area (Å²) in [5.41, 5.74) is -3.18. The highest BCUT2D eigenvalue weighted by Gasteiger charge is 2.32. The molecule has 4 rings (SSSR count). The molecule has 1 aromatic heterocycles. The number of ether oxygens (including phenoxy) is 1. The largest absolute Gasteiger partial charge is 0.506 e. The summed E-state index contributed by atoms with van der Waals surface area (Å²) in [5, 5.41) is 29.5. The molecular formula is C28H25Cl2F3N4O5. The summed E-state index contributed by atoms with van der Waals surface area (Å²) < 4.78 is 45.5. The Balaban J connectivity index is 1.69. The Labute approximate surface area is 248 Å². The molecule has 3 N–H and O–H groups in total. The quantitative estimate of drug-likeness (QED) is 0.317. The van der Waals surface area contributed by atoms with Crippen molar-refractivity contribution in [1.29, 1.82) is 5.26 Å². The number of benzene rings is 2. The van der Waals surface area contributed by atoms with Gasteiger partial charge >= 0.3 is 6.18 Å². The molecule has 1 saturated heterocycles. The predicted octanol–water partition coefficient (Wildman–Crippen LogP) is 4.38. The number of aromatic nitrogens is 1. The number of halogens is 5. The molecule has 0 unspecified atom stereocenters. The topological polar surface area (TPSA) is 130 Å². The first-order chi connectivity index (χ1) is 19.9. The van der Waals surface area contributed by atoms with Crippen molar-refractivity contribution in [3.8, 4) is 34.2 Å². The van der Waals surface area contributed by atoms with Crippen molar-refractivity contribution in [2.75, 3.05) is 52.5 Å². The number of H-pyrrole nitrogens is 1. The monoisotopic (exact) mass is 624 g/mol. The van der Waals surface area contributed by atoms with Gasteiger partial charge in [-0.3, -0.25) is 14.5 Å². The number of pyridine rings is 1. The number of nitriles is 1. The molecule has 42 heavy (non-hydrogen) atoms. The third-order valence-corrected chi connectivity index (χ3v) is 7.32. The smallest absolute Gasteiger partial charge is 0.416 e. The van der Waals surface area contributed by atoms with Gasteiger partial charge in [0.05, 0.1) is 36.6 Å².